The number of aromatic nitrogens is 1. The first-order valence-corrected chi connectivity index (χ1v) is 4.64. The summed E-state index contributed by atoms with van der Waals surface area (Å²) in [6.45, 7) is 2.02. The largest absolute Gasteiger partial charge is 0.242 e. The lowest BCUT2D eigenvalue weighted by Gasteiger charge is -2.02. The summed E-state index contributed by atoms with van der Waals surface area (Å²) in [5, 5.41) is 3.00. The molecule has 3 heteroatoms. The molecule has 0 spiro atoms. The van der Waals surface area contributed by atoms with E-state index in [1.54, 1.807) is 6.20 Å². The van der Waals surface area contributed by atoms with Crippen molar-refractivity contribution < 1.29 is 0 Å². The van der Waals surface area contributed by atoms with Crippen LogP contribution >= 0.6 is 23.2 Å². The molecule has 0 unspecified atom stereocenters. The zero-order valence-corrected chi connectivity index (χ0v) is 8.52. The lowest BCUT2D eigenvalue weighted by atomic mass is 10.1. The van der Waals surface area contributed by atoms with Crippen molar-refractivity contribution in [3.8, 4) is 0 Å². The molecule has 2 aromatic rings. The smallest absolute Gasteiger partial charge is 0.136 e. The number of benzene rings is 1. The van der Waals surface area contributed by atoms with Crippen LogP contribution in [0.2, 0.25) is 10.2 Å². The molecule has 0 atom stereocenters. The van der Waals surface area contributed by atoms with Gasteiger partial charge in [-0.05, 0) is 13.0 Å². The van der Waals surface area contributed by atoms with Gasteiger partial charge in [0.15, 0.2) is 0 Å². The summed E-state index contributed by atoms with van der Waals surface area (Å²) in [6.07, 6.45) is 1.58. The minimum atomic E-state index is 0.499. The highest BCUT2D eigenvalue weighted by molar-refractivity contribution is 6.39. The normalized spacial score (nSPS) is 10.7. The summed E-state index contributed by atoms with van der Waals surface area (Å²) in [6, 6.07) is 5.93. The van der Waals surface area contributed by atoms with E-state index < -0.39 is 0 Å². The van der Waals surface area contributed by atoms with Crippen LogP contribution in [0.15, 0.2) is 24.4 Å². The molecule has 0 aliphatic rings. The molecule has 13 heavy (non-hydrogen) atoms. The average molecular weight is 212 g/mol. The molecule has 0 aliphatic carbocycles. The molecule has 1 heterocycles. The van der Waals surface area contributed by atoms with Crippen molar-refractivity contribution in [1.82, 2.24) is 4.98 Å². The van der Waals surface area contributed by atoms with Crippen molar-refractivity contribution >= 4 is 34.0 Å². The van der Waals surface area contributed by atoms with Crippen LogP contribution in [0.5, 0.6) is 0 Å². The summed E-state index contributed by atoms with van der Waals surface area (Å²) in [7, 11) is 0. The molecule has 66 valence electrons. The Morgan fingerprint density at radius 3 is 2.69 bits per heavy atom. The Labute approximate surface area is 86.3 Å². The van der Waals surface area contributed by atoms with Crippen LogP contribution in [0, 0.1) is 6.92 Å². The van der Waals surface area contributed by atoms with Crippen LogP contribution in [-0.2, 0) is 0 Å². The zero-order valence-electron chi connectivity index (χ0n) is 7.01. The van der Waals surface area contributed by atoms with Crippen LogP contribution in [-0.4, -0.2) is 4.98 Å². The average Bonchev–Trinajstić information content (AvgIpc) is 2.12. The fourth-order valence-corrected chi connectivity index (χ4v) is 1.71. The van der Waals surface area contributed by atoms with Crippen LogP contribution in [0.4, 0.5) is 0 Å². The van der Waals surface area contributed by atoms with E-state index >= 15 is 0 Å². The van der Waals surface area contributed by atoms with Gasteiger partial charge in [0.05, 0.1) is 5.02 Å². The first kappa shape index (κ1) is 8.79. The third-order valence-corrected chi connectivity index (χ3v) is 2.55. The van der Waals surface area contributed by atoms with E-state index in [9.17, 15) is 0 Å². The molecule has 0 N–H and O–H groups in total. The van der Waals surface area contributed by atoms with E-state index in [2.05, 4.69) is 4.98 Å². The Morgan fingerprint density at radius 1 is 1.15 bits per heavy atom. The Kier molecular flexibility index (Phi) is 2.14. The van der Waals surface area contributed by atoms with Crippen LogP contribution in [0.1, 0.15) is 5.56 Å². The molecule has 1 aromatic heterocycles. The van der Waals surface area contributed by atoms with E-state index in [-0.39, 0.29) is 0 Å². The summed E-state index contributed by atoms with van der Waals surface area (Å²) in [4.78, 5) is 3.97. The van der Waals surface area contributed by atoms with E-state index in [1.807, 2.05) is 25.1 Å². The molecule has 1 aromatic carbocycles. The highest BCUT2D eigenvalue weighted by Gasteiger charge is 2.03. The summed E-state index contributed by atoms with van der Waals surface area (Å²) in [5.41, 5.74) is 1.16. The highest BCUT2D eigenvalue weighted by atomic mass is 35.5. The first-order valence-electron chi connectivity index (χ1n) is 3.89. The fourth-order valence-electron chi connectivity index (χ4n) is 1.29. The van der Waals surface area contributed by atoms with Gasteiger partial charge in [-0.25, -0.2) is 4.98 Å². The molecule has 0 radical (unpaired) electrons. The molecular formula is C10H7Cl2N. The summed E-state index contributed by atoms with van der Waals surface area (Å²) in [5.74, 6) is 0. The van der Waals surface area contributed by atoms with Crippen LogP contribution in [0.3, 0.4) is 0 Å². The molecule has 0 aliphatic heterocycles. The standard InChI is InChI=1S/C10H7Cl2N/c1-6-2-3-7-8(4-6)9(11)5-13-10(7)12/h2-5H,1H3. The molecule has 0 fully saturated rings. The molecular weight excluding hydrogens is 205 g/mol. The second-order valence-electron chi connectivity index (χ2n) is 2.95. The molecule has 1 nitrogen and oxygen atoms in total. The van der Waals surface area contributed by atoms with Gasteiger partial charge in [-0.15, -0.1) is 0 Å². The summed E-state index contributed by atoms with van der Waals surface area (Å²) >= 11 is 11.9. The summed E-state index contributed by atoms with van der Waals surface area (Å²) < 4.78 is 0. The number of hydrogen-bond donors (Lipinski definition) is 0. The molecule has 0 saturated heterocycles. The van der Waals surface area contributed by atoms with Gasteiger partial charge in [0.25, 0.3) is 0 Å². The number of rotatable bonds is 0. The van der Waals surface area contributed by atoms with Gasteiger partial charge in [0.2, 0.25) is 0 Å². The minimum Gasteiger partial charge on any atom is -0.242 e. The Morgan fingerprint density at radius 2 is 1.92 bits per heavy atom. The monoisotopic (exact) mass is 211 g/mol. The van der Waals surface area contributed by atoms with E-state index in [1.165, 1.54) is 0 Å². The van der Waals surface area contributed by atoms with Crippen molar-refractivity contribution in [2.45, 2.75) is 6.92 Å². The third kappa shape index (κ3) is 1.50. The molecule has 0 saturated carbocycles. The maximum absolute atomic E-state index is 5.98. The number of aryl methyl sites for hydroxylation is 1. The van der Waals surface area contributed by atoms with E-state index in [0.717, 1.165) is 16.3 Å². The van der Waals surface area contributed by atoms with Gasteiger partial charge in [-0.1, -0.05) is 40.9 Å². The lowest BCUT2D eigenvalue weighted by molar-refractivity contribution is 1.36. The van der Waals surface area contributed by atoms with Gasteiger partial charge in [0, 0.05) is 17.0 Å². The van der Waals surface area contributed by atoms with Crippen molar-refractivity contribution in [3.63, 3.8) is 0 Å². The highest BCUT2D eigenvalue weighted by Crippen LogP contribution is 2.28. The van der Waals surface area contributed by atoms with Gasteiger partial charge in [0.1, 0.15) is 5.15 Å². The zero-order chi connectivity index (χ0) is 9.42. The van der Waals surface area contributed by atoms with Crippen molar-refractivity contribution in [3.05, 3.63) is 40.1 Å². The third-order valence-electron chi connectivity index (χ3n) is 1.95. The molecule has 2 rings (SSSR count). The fraction of sp³-hybridized carbons (Fsp3) is 0.100. The number of nitrogens with zero attached hydrogens (tertiary/aromatic N) is 1. The van der Waals surface area contributed by atoms with Crippen molar-refractivity contribution in [1.29, 1.82) is 0 Å². The van der Waals surface area contributed by atoms with E-state index in [0.29, 0.717) is 10.2 Å². The SMILES string of the molecule is Cc1ccc2c(Cl)ncc(Cl)c2c1. The molecule has 0 bridgehead atoms. The Bertz CT molecular complexity index is 466. The lowest BCUT2D eigenvalue weighted by Crippen LogP contribution is -1.81. The quantitative estimate of drug-likeness (QED) is 0.604. The number of fused-ring (bicyclic) bond motifs is 1. The minimum absolute atomic E-state index is 0.499. The first-order chi connectivity index (χ1) is 6.18. The van der Waals surface area contributed by atoms with E-state index in [4.69, 9.17) is 23.2 Å². The maximum Gasteiger partial charge on any atom is 0.136 e. The predicted octanol–water partition coefficient (Wildman–Crippen LogP) is 3.85. The topological polar surface area (TPSA) is 12.9 Å². The van der Waals surface area contributed by atoms with Gasteiger partial charge >= 0.3 is 0 Å². The second-order valence-corrected chi connectivity index (χ2v) is 3.71. The maximum atomic E-state index is 5.98. The number of halogens is 2. The van der Waals surface area contributed by atoms with Crippen LogP contribution in [0.25, 0.3) is 10.8 Å². The Balaban J connectivity index is 2.92. The van der Waals surface area contributed by atoms with Gasteiger partial charge in [-0.3, -0.25) is 0 Å². The predicted molar refractivity (Wildman–Crippen MR) is 56.5 cm³/mol. The van der Waals surface area contributed by atoms with Crippen LogP contribution < -0.4 is 0 Å². The van der Waals surface area contributed by atoms with Gasteiger partial charge in [-0.2, -0.15) is 0 Å². The van der Waals surface area contributed by atoms with Crippen molar-refractivity contribution in [2.24, 2.45) is 0 Å². The number of pyridine rings is 1. The van der Waals surface area contributed by atoms with Gasteiger partial charge < -0.3 is 0 Å². The molecule has 0 amide bonds. The van der Waals surface area contributed by atoms with Crippen molar-refractivity contribution in [2.75, 3.05) is 0 Å². The Hall–Kier alpha value is -0.790. The number of hydrogen-bond acceptors (Lipinski definition) is 1. The second kappa shape index (κ2) is 3.17.